The zero-order valence-electron chi connectivity index (χ0n) is 11.7. The molecular formula is C15H16BrN3O2. The summed E-state index contributed by atoms with van der Waals surface area (Å²) >= 11 is 3.38. The van der Waals surface area contributed by atoms with Crippen molar-refractivity contribution in [1.82, 2.24) is 0 Å². The number of oxime groups is 1. The third-order valence-corrected chi connectivity index (χ3v) is 3.56. The number of hydrogen-bond acceptors (Lipinski definition) is 4. The van der Waals surface area contributed by atoms with E-state index in [2.05, 4.69) is 21.1 Å². The van der Waals surface area contributed by atoms with Crippen LogP contribution in [-0.4, -0.2) is 25.1 Å². The van der Waals surface area contributed by atoms with Crippen molar-refractivity contribution in [2.24, 2.45) is 10.9 Å². The van der Waals surface area contributed by atoms with E-state index in [0.717, 1.165) is 5.69 Å². The third-order valence-electron chi connectivity index (χ3n) is 2.90. The van der Waals surface area contributed by atoms with Crippen molar-refractivity contribution in [2.45, 2.75) is 0 Å². The fraction of sp³-hybridized carbons (Fsp3) is 0.133. The molecule has 0 fully saturated rings. The lowest BCUT2D eigenvalue weighted by Gasteiger charge is -2.15. The molecule has 0 heterocycles. The minimum absolute atomic E-state index is 0.0127. The van der Waals surface area contributed by atoms with Crippen molar-refractivity contribution in [3.8, 4) is 11.5 Å². The summed E-state index contributed by atoms with van der Waals surface area (Å²) in [5.74, 6) is 1.17. The highest BCUT2D eigenvalue weighted by molar-refractivity contribution is 9.10. The second kappa shape index (κ2) is 6.49. The maximum Gasteiger partial charge on any atom is 0.175 e. The number of amidine groups is 1. The Morgan fingerprint density at radius 3 is 2.62 bits per heavy atom. The minimum atomic E-state index is -0.0127. The molecule has 0 saturated heterocycles. The van der Waals surface area contributed by atoms with E-state index in [1.165, 1.54) is 0 Å². The van der Waals surface area contributed by atoms with Gasteiger partial charge in [-0.25, -0.2) is 0 Å². The van der Waals surface area contributed by atoms with E-state index in [0.29, 0.717) is 21.5 Å². The Bertz CT molecular complexity index is 672. The van der Waals surface area contributed by atoms with E-state index in [9.17, 15) is 0 Å². The van der Waals surface area contributed by atoms with Gasteiger partial charge in [0.25, 0.3) is 0 Å². The van der Waals surface area contributed by atoms with Crippen LogP contribution in [0.3, 0.4) is 0 Å². The second-order valence-corrected chi connectivity index (χ2v) is 5.45. The second-order valence-electron chi connectivity index (χ2n) is 4.59. The largest absolute Gasteiger partial charge is 0.456 e. The average Bonchev–Trinajstić information content (AvgIpc) is 2.47. The Morgan fingerprint density at radius 1 is 1.24 bits per heavy atom. The van der Waals surface area contributed by atoms with Gasteiger partial charge in [0.15, 0.2) is 5.84 Å². The van der Waals surface area contributed by atoms with Gasteiger partial charge in [-0.3, -0.25) is 0 Å². The number of rotatable bonds is 4. The van der Waals surface area contributed by atoms with Gasteiger partial charge < -0.3 is 20.6 Å². The predicted molar refractivity (Wildman–Crippen MR) is 87.5 cm³/mol. The molecule has 0 unspecified atom stereocenters. The summed E-state index contributed by atoms with van der Waals surface area (Å²) in [4.78, 5) is 1.98. The Hall–Kier alpha value is -2.21. The van der Waals surface area contributed by atoms with Crippen LogP contribution < -0.4 is 15.4 Å². The first-order valence-electron chi connectivity index (χ1n) is 6.24. The van der Waals surface area contributed by atoms with Gasteiger partial charge in [0.2, 0.25) is 0 Å². The van der Waals surface area contributed by atoms with Gasteiger partial charge in [0, 0.05) is 30.3 Å². The highest BCUT2D eigenvalue weighted by atomic mass is 79.9. The lowest BCUT2D eigenvalue weighted by molar-refractivity contribution is 0.318. The number of anilines is 1. The molecule has 0 amide bonds. The Kier molecular flexibility index (Phi) is 4.70. The van der Waals surface area contributed by atoms with Gasteiger partial charge in [0.1, 0.15) is 11.5 Å². The maximum atomic E-state index is 8.90. The van der Waals surface area contributed by atoms with Crippen molar-refractivity contribution < 1.29 is 9.94 Å². The monoisotopic (exact) mass is 349 g/mol. The van der Waals surface area contributed by atoms with Crippen molar-refractivity contribution in [3.63, 3.8) is 0 Å². The molecule has 2 aromatic rings. The van der Waals surface area contributed by atoms with Crippen LogP contribution in [0.2, 0.25) is 0 Å². The SMILES string of the molecule is CN(C)c1cccc(Oc2cccc(Br)c2/C(N)=N/O)c1. The quantitative estimate of drug-likeness (QED) is 0.384. The topological polar surface area (TPSA) is 71.1 Å². The summed E-state index contributed by atoms with van der Waals surface area (Å²) in [5, 5.41) is 11.9. The fourth-order valence-electron chi connectivity index (χ4n) is 1.84. The number of benzene rings is 2. The van der Waals surface area contributed by atoms with E-state index in [1.807, 2.05) is 49.3 Å². The highest BCUT2D eigenvalue weighted by Gasteiger charge is 2.13. The molecule has 0 bridgehead atoms. The smallest absolute Gasteiger partial charge is 0.175 e. The average molecular weight is 350 g/mol. The molecule has 6 heteroatoms. The summed E-state index contributed by atoms with van der Waals surface area (Å²) in [6.07, 6.45) is 0. The molecule has 110 valence electrons. The van der Waals surface area contributed by atoms with Crippen LogP contribution in [0.1, 0.15) is 5.56 Å². The molecule has 0 saturated carbocycles. The highest BCUT2D eigenvalue weighted by Crippen LogP contribution is 2.31. The zero-order valence-corrected chi connectivity index (χ0v) is 13.3. The van der Waals surface area contributed by atoms with Crippen LogP contribution in [0.4, 0.5) is 5.69 Å². The third kappa shape index (κ3) is 3.46. The lowest BCUT2D eigenvalue weighted by atomic mass is 10.2. The van der Waals surface area contributed by atoms with E-state index in [4.69, 9.17) is 15.7 Å². The van der Waals surface area contributed by atoms with Gasteiger partial charge in [-0.1, -0.05) is 17.3 Å². The van der Waals surface area contributed by atoms with E-state index < -0.39 is 0 Å². The number of ether oxygens (including phenoxy) is 1. The molecule has 0 aliphatic heterocycles. The Morgan fingerprint density at radius 2 is 1.95 bits per heavy atom. The number of nitrogens with two attached hydrogens (primary N) is 1. The van der Waals surface area contributed by atoms with Crippen LogP contribution in [0.5, 0.6) is 11.5 Å². The molecule has 2 aromatic carbocycles. The van der Waals surface area contributed by atoms with Crippen LogP contribution in [0, 0.1) is 0 Å². The van der Waals surface area contributed by atoms with Gasteiger partial charge in [-0.2, -0.15) is 0 Å². The molecular weight excluding hydrogens is 334 g/mol. The minimum Gasteiger partial charge on any atom is -0.456 e. The molecule has 0 aromatic heterocycles. The summed E-state index contributed by atoms with van der Waals surface area (Å²) in [6.45, 7) is 0. The molecule has 21 heavy (non-hydrogen) atoms. The van der Waals surface area contributed by atoms with Crippen LogP contribution >= 0.6 is 15.9 Å². The maximum absolute atomic E-state index is 8.90. The zero-order chi connectivity index (χ0) is 15.4. The Balaban J connectivity index is 2.40. The molecule has 0 spiro atoms. The van der Waals surface area contributed by atoms with Crippen molar-refractivity contribution in [2.75, 3.05) is 19.0 Å². The standard InChI is InChI=1S/C15H16BrN3O2/c1-19(2)10-5-3-6-11(9-10)21-13-8-4-7-12(16)14(13)15(17)18-20/h3-9,20H,1-2H3,(H2,17,18). The van der Waals surface area contributed by atoms with Crippen molar-refractivity contribution >= 4 is 27.5 Å². The summed E-state index contributed by atoms with van der Waals surface area (Å²) in [6, 6.07) is 13.0. The molecule has 0 aliphatic carbocycles. The van der Waals surface area contributed by atoms with Crippen molar-refractivity contribution in [1.29, 1.82) is 0 Å². The normalized spacial score (nSPS) is 11.3. The number of halogens is 1. The van der Waals surface area contributed by atoms with Crippen LogP contribution in [0.15, 0.2) is 52.1 Å². The molecule has 0 radical (unpaired) electrons. The summed E-state index contributed by atoms with van der Waals surface area (Å²) in [5.41, 5.74) is 7.24. The van der Waals surface area contributed by atoms with E-state index in [1.54, 1.807) is 12.1 Å². The van der Waals surface area contributed by atoms with Gasteiger partial charge in [-0.05, 0) is 40.2 Å². The van der Waals surface area contributed by atoms with Gasteiger partial charge >= 0.3 is 0 Å². The summed E-state index contributed by atoms with van der Waals surface area (Å²) < 4.78 is 6.57. The number of hydrogen-bond donors (Lipinski definition) is 2. The number of nitrogens with zero attached hydrogens (tertiary/aromatic N) is 2. The van der Waals surface area contributed by atoms with Crippen molar-refractivity contribution in [3.05, 3.63) is 52.5 Å². The molecule has 2 rings (SSSR count). The lowest BCUT2D eigenvalue weighted by Crippen LogP contribution is -2.15. The first-order valence-corrected chi connectivity index (χ1v) is 7.04. The van der Waals surface area contributed by atoms with E-state index in [-0.39, 0.29) is 5.84 Å². The van der Waals surface area contributed by atoms with Gasteiger partial charge in [-0.15, -0.1) is 0 Å². The molecule has 0 atom stereocenters. The molecule has 3 N–H and O–H groups in total. The first kappa shape index (κ1) is 15.2. The van der Waals surface area contributed by atoms with E-state index >= 15 is 0 Å². The van der Waals surface area contributed by atoms with Crippen LogP contribution in [-0.2, 0) is 0 Å². The predicted octanol–water partition coefficient (Wildman–Crippen LogP) is 3.40. The first-order chi connectivity index (χ1) is 10.0. The van der Waals surface area contributed by atoms with Gasteiger partial charge in [0.05, 0.1) is 5.56 Å². The van der Waals surface area contributed by atoms with Crippen LogP contribution in [0.25, 0.3) is 0 Å². The Labute approximate surface area is 131 Å². The fourth-order valence-corrected chi connectivity index (χ4v) is 2.39. The molecule has 0 aliphatic rings. The molecule has 5 nitrogen and oxygen atoms in total. The summed E-state index contributed by atoms with van der Waals surface area (Å²) in [7, 11) is 3.92.